The number of nitrogens with zero attached hydrogens (tertiary/aromatic N) is 1. The van der Waals surface area contributed by atoms with E-state index in [2.05, 4.69) is 30.3 Å². The van der Waals surface area contributed by atoms with Crippen LogP contribution in [0.5, 0.6) is 0 Å². The van der Waals surface area contributed by atoms with Crippen LogP contribution in [0.3, 0.4) is 0 Å². The van der Waals surface area contributed by atoms with Crippen LogP contribution >= 0.6 is 0 Å². The highest BCUT2D eigenvalue weighted by atomic mass is 14.3. The van der Waals surface area contributed by atoms with E-state index in [0.29, 0.717) is 0 Å². The average Bonchev–Trinajstić information content (AvgIpc) is 2.39. The number of benzene rings is 2. The van der Waals surface area contributed by atoms with Crippen molar-refractivity contribution in [2.75, 3.05) is 0 Å². The van der Waals surface area contributed by atoms with Crippen molar-refractivity contribution in [3.05, 3.63) is 60.2 Å². The highest BCUT2D eigenvalue weighted by Crippen LogP contribution is 2.22. The molecule has 1 heteroatoms. The number of nitriles is 1. The maximum atomic E-state index is 8.82. The summed E-state index contributed by atoms with van der Waals surface area (Å²) in [6.45, 7) is 1.91. The molecule has 0 aliphatic heterocycles. The van der Waals surface area contributed by atoms with Crippen molar-refractivity contribution < 1.29 is 0 Å². The summed E-state index contributed by atoms with van der Waals surface area (Å²) in [4.78, 5) is 0. The van der Waals surface area contributed by atoms with Gasteiger partial charge in [0.2, 0.25) is 0 Å². The van der Waals surface area contributed by atoms with Crippen LogP contribution in [-0.4, -0.2) is 0 Å². The van der Waals surface area contributed by atoms with Gasteiger partial charge in [-0.25, -0.2) is 0 Å². The molecule has 1 atom stereocenters. The second-order valence-electron chi connectivity index (χ2n) is 3.84. The SMILES string of the molecule is C[C@H](C#N)c1ccc(-c2ccccc2)cc1. The molecule has 0 unspecified atom stereocenters. The van der Waals surface area contributed by atoms with Crippen LogP contribution < -0.4 is 0 Å². The van der Waals surface area contributed by atoms with Gasteiger partial charge in [0.25, 0.3) is 0 Å². The van der Waals surface area contributed by atoms with Crippen LogP contribution in [0.4, 0.5) is 0 Å². The fraction of sp³-hybridized carbons (Fsp3) is 0.133. The van der Waals surface area contributed by atoms with Gasteiger partial charge in [-0.05, 0) is 23.6 Å². The molecular formula is C15H13N. The molecule has 2 aromatic rings. The quantitative estimate of drug-likeness (QED) is 0.730. The van der Waals surface area contributed by atoms with Gasteiger partial charge < -0.3 is 0 Å². The first-order valence-corrected chi connectivity index (χ1v) is 5.36. The molecule has 78 valence electrons. The third-order valence-electron chi connectivity index (χ3n) is 2.71. The summed E-state index contributed by atoms with van der Waals surface area (Å²) in [5, 5.41) is 8.82. The molecule has 0 aromatic heterocycles. The van der Waals surface area contributed by atoms with Crippen LogP contribution in [0, 0.1) is 11.3 Å². The van der Waals surface area contributed by atoms with Crippen LogP contribution in [0.15, 0.2) is 54.6 Å². The van der Waals surface area contributed by atoms with Gasteiger partial charge in [0.1, 0.15) is 0 Å². The molecule has 0 aliphatic carbocycles. The molecule has 2 aromatic carbocycles. The zero-order valence-corrected chi connectivity index (χ0v) is 9.22. The number of rotatable bonds is 2. The van der Waals surface area contributed by atoms with Crippen LogP contribution in [0.1, 0.15) is 18.4 Å². The first-order valence-electron chi connectivity index (χ1n) is 5.36. The summed E-state index contributed by atoms with van der Waals surface area (Å²) in [5.41, 5.74) is 3.47. The molecule has 0 amide bonds. The van der Waals surface area contributed by atoms with E-state index in [1.54, 1.807) is 0 Å². The molecule has 0 bridgehead atoms. The Morgan fingerprint density at radius 1 is 0.875 bits per heavy atom. The monoisotopic (exact) mass is 207 g/mol. The zero-order chi connectivity index (χ0) is 11.4. The minimum atomic E-state index is -0.0372. The Balaban J connectivity index is 2.31. The highest BCUT2D eigenvalue weighted by Gasteiger charge is 2.03. The minimum Gasteiger partial charge on any atom is -0.198 e. The van der Waals surface area contributed by atoms with Crippen molar-refractivity contribution in [1.29, 1.82) is 5.26 Å². The van der Waals surface area contributed by atoms with Gasteiger partial charge in [0.15, 0.2) is 0 Å². The smallest absolute Gasteiger partial charge is 0.0700 e. The minimum absolute atomic E-state index is 0.0372. The van der Waals surface area contributed by atoms with Gasteiger partial charge in [-0.3, -0.25) is 0 Å². The third kappa shape index (κ3) is 2.12. The maximum absolute atomic E-state index is 8.82. The molecule has 0 radical (unpaired) electrons. The lowest BCUT2D eigenvalue weighted by molar-refractivity contribution is 0.982. The van der Waals surface area contributed by atoms with Gasteiger partial charge in [-0.2, -0.15) is 5.26 Å². The molecule has 0 saturated heterocycles. The van der Waals surface area contributed by atoms with Gasteiger partial charge in [0.05, 0.1) is 12.0 Å². The zero-order valence-electron chi connectivity index (χ0n) is 9.22. The average molecular weight is 207 g/mol. The van der Waals surface area contributed by atoms with Crippen molar-refractivity contribution in [3.8, 4) is 17.2 Å². The van der Waals surface area contributed by atoms with E-state index in [4.69, 9.17) is 5.26 Å². The van der Waals surface area contributed by atoms with Crippen molar-refractivity contribution in [3.63, 3.8) is 0 Å². The number of hydrogen-bond acceptors (Lipinski definition) is 1. The van der Waals surface area contributed by atoms with E-state index >= 15 is 0 Å². The van der Waals surface area contributed by atoms with Crippen molar-refractivity contribution >= 4 is 0 Å². The van der Waals surface area contributed by atoms with Crippen molar-refractivity contribution in [2.24, 2.45) is 0 Å². The molecule has 0 spiro atoms. The van der Waals surface area contributed by atoms with Crippen LogP contribution in [0.25, 0.3) is 11.1 Å². The van der Waals surface area contributed by atoms with Gasteiger partial charge in [-0.1, -0.05) is 54.6 Å². The van der Waals surface area contributed by atoms with Crippen LogP contribution in [0.2, 0.25) is 0 Å². The Bertz CT molecular complexity index is 491. The lowest BCUT2D eigenvalue weighted by atomic mass is 9.98. The predicted octanol–water partition coefficient (Wildman–Crippen LogP) is 3.98. The van der Waals surface area contributed by atoms with E-state index in [1.165, 1.54) is 11.1 Å². The Morgan fingerprint density at radius 2 is 1.44 bits per heavy atom. The van der Waals surface area contributed by atoms with E-state index < -0.39 is 0 Å². The third-order valence-corrected chi connectivity index (χ3v) is 2.71. The second-order valence-corrected chi connectivity index (χ2v) is 3.84. The summed E-state index contributed by atoms with van der Waals surface area (Å²) in [6, 6.07) is 20.7. The van der Waals surface area contributed by atoms with Crippen LogP contribution in [-0.2, 0) is 0 Å². The molecule has 16 heavy (non-hydrogen) atoms. The van der Waals surface area contributed by atoms with Crippen molar-refractivity contribution in [2.45, 2.75) is 12.8 Å². The first kappa shape index (κ1) is 10.4. The second kappa shape index (κ2) is 4.63. The summed E-state index contributed by atoms with van der Waals surface area (Å²) >= 11 is 0. The Hall–Kier alpha value is -2.07. The van der Waals surface area contributed by atoms with E-state index in [9.17, 15) is 0 Å². The Morgan fingerprint density at radius 3 is 2.00 bits per heavy atom. The van der Waals surface area contributed by atoms with Gasteiger partial charge in [0, 0.05) is 0 Å². The topological polar surface area (TPSA) is 23.8 Å². The summed E-state index contributed by atoms with van der Waals surface area (Å²) in [6.07, 6.45) is 0. The normalized spacial score (nSPS) is 11.8. The van der Waals surface area contributed by atoms with E-state index in [1.807, 2.05) is 37.3 Å². The van der Waals surface area contributed by atoms with Gasteiger partial charge >= 0.3 is 0 Å². The molecule has 0 N–H and O–H groups in total. The van der Waals surface area contributed by atoms with Crippen molar-refractivity contribution in [1.82, 2.24) is 0 Å². The van der Waals surface area contributed by atoms with E-state index in [-0.39, 0.29) is 5.92 Å². The molecular weight excluding hydrogens is 194 g/mol. The molecule has 0 aliphatic rings. The Kier molecular flexibility index (Phi) is 3.03. The molecule has 2 rings (SSSR count). The predicted molar refractivity (Wildman–Crippen MR) is 65.9 cm³/mol. The summed E-state index contributed by atoms with van der Waals surface area (Å²) in [5.74, 6) is -0.0372. The highest BCUT2D eigenvalue weighted by molar-refractivity contribution is 5.63. The first-order chi connectivity index (χ1) is 7.81. The maximum Gasteiger partial charge on any atom is 0.0700 e. The molecule has 0 saturated carbocycles. The van der Waals surface area contributed by atoms with Gasteiger partial charge in [-0.15, -0.1) is 0 Å². The molecule has 1 nitrogen and oxygen atoms in total. The summed E-state index contributed by atoms with van der Waals surface area (Å²) < 4.78 is 0. The molecule has 0 heterocycles. The summed E-state index contributed by atoms with van der Waals surface area (Å²) in [7, 11) is 0. The lowest BCUT2D eigenvalue weighted by Crippen LogP contribution is -1.88. The molecule has 0 fully saturated rings. The standard InChI is InChI=1S/C15H13N/c1-12(11-16)13-7-9-15(10-8-13)14-5-3-2-4-6-14/h2-10,12H,1H3/t12-/m1/s1. The Labute approximate surface area is 96.0 Å². The largest absolute Gasteiger partial charge is 0.198 e. The number of hydrogen-bond donors (Lipinski definition) is 0. The fourth-order valence-corrected chi connectivity index (χ4v) is 1.67. The lowest BCUT2D eigenvalue weighted by Gasteiger charge is -2.05. The van der Waals surface area contributed by atoms with E-state index in [0.717, 1.165) is 5.56 Å². The fourth-order valence-electron chi connectivity index (χ4n) is 1.67.